The lowest BCUT2D eigenvalue weighted by Crippen LogP contribution is -2.45. The molecular formula is C21H27NO3S. The van der Waals surface area contributed by atoms with E-state index in [9.17, 15) is 9.90 Å². The number of hydrogen-bond donors (Lipinski definition) is 1. The Hall–Kier alpha value is -1.85. The molecule has 1 aromatic carbocycles. The lowest BCUT2D eigenvalue weighted by Gasteiger charge is -2.41. The van der Waals surface area contributed by atoms with E-state index in [1.165, 1.54) is 10.4 Å². The number of carbonyl (C=O) groups excluding carboxylic acids is 1. The first-order valence-electron chi connectivity index (χ1n) is 9.18. The molecule has 1 fully saturated rings. The summed E-state index contributed by atoms with van der Waals surface area (Å²) in [4.78, 5) is 15.7. The Labute approximate surface area is 159 Å². The first-order valence-corrected chi connectivity index (χ1v) is 10.1. The van der Waals surface area contributed by atoms with Crippen LogP contribution in [0.3, 0.4) is 0 Å². The summed E-state index contributed by atoms with van der Waals surface area (Å²) >= 11 is 1.71. The van der Waals surface area contributed by atoms with E-state index in [2.05, 4.69) is 17.5 Å². The minimum absolute atomic E-state index is 0.142. The van der Waals surface area contributed by atoms with Crippen molar-refractivity contribution in [3.05, 3.63) is 52.2 Å². The van der Waals surface area contributed by atoms with Gasteiger partial charge < -0.3 is 14.7 Å². The fourth-order valence-electron chi connectivity index (χ4n) is 3.68. The van der Waals surface area contributed by atoms with E-state index < -0.39 is 0 Å². The molecule has 0 bridgehead atoms. The van der Waals surface area contributed by atoms with Crippen LogP contribution in [-0.4, -0.2) is 42.7 Å². The van der Waals surface area contributed by atoms with Gasteiger partial charge in [-0.1, -0.05) is 18.2 Å². The molecule has 0 spiro atoms. The summed E-state index contributed by atoms with van der Waals surface area (Å²) in [6.45, 7) is 1.61. The summed E-state index contributed by atoms with van der Waals surface area (Å²) < 4.78 is 5.30. The Morgan fingerprint density at radius 1 is 1.27 bits per heavy atom. The molecule has 2 heterocycles. The third-order valence-corrected chi connectivity index (χ3v) is 6.33. The van der Waals surface area contributed by atoms with Crippen molar-refractivity contribution < 1.29 is 14.6 Å². The lowest BCUT2D eigenvalue weighted by molar-refractivity contribution is -0.134. The molecule has 0 atom stereocenters. The molecule has 1 N–H and O–H groups in total. The molecule has 4 nitrogen and oxygen atoms in total. The average Bonchev–Trinajstić information content (AvgIpc) is 3.20. The van der Waals surface area contributed by atoms with Gasteiger partial charge in [0, 0.05) is 36.4 Å². The van der Waals surface area contributed by atoms with Crippen LogP contribution in [0.5, 0.6) is 5.75 Å². The number of carbonyl (C=O) groups is 1. The molecule has 140 valence electrons. The zero-order chi connectivity index (χ0) is 18.4. The highest BCUT2D eigenvalue weighted by atomic mass is 32.1. The van der Waals surface area contributed by atoms with Crippen LogP contribution in [-0.2, 0) is 17.6 Å². The molecule has 1 aliphatic rings. The maximum atomic E-state index is 12.5. The number of nitrogens with zero attached hydrogens (tertiary/aromatic N) is 1. The standard InChI is InChI=1S/C21H27NO3S/c1-25-18-5-2-4-17(14-18)15-21(16-23)9-11-22(12-10-21)20(24)8-7-19-6-3-13-26-19/h2-6,13-14,23H,7-12,15-16H2,1H3. The van der Waals surface area contributed by atoms with Crippen LogP contribution < -0.4 is 4.74 Å². The molecule has 0 saturated carbocycles. The summed E-state index contributed by atoms with van der Waals surface area (Å²) in [5, 5.41) is 12.1. The second-order valence-electron chi connectivity index (χ2n) is 7.15. The topological polar surface area (TPSA) is 49.8 Å². The normalized spacial score (nSPS) is 16.5. The van der Waals surface area contributed by atoms with Gasteiger partial charge in [0.2, 0.25) is 5.91 Å². The number of piperidine rings is 1. The van der Waals surface area contributed by atoms with E-state index in [1.807, 2.05) is 29.2 Å². The van der Waals surface area contributed by atoms with Crippen LogP contribution in [0.1, 0.15) is 29.7 Å². The quantitative estimate of drug-likeness (QED) is 0.808. The minimum atomic E-state index is -0.142. The van der Waals surface area contributed by atoms with Gasteiger partial charge >= 0.3 is 0 Å². The summed E-state index contributed by atoms with van der Waals surface area (Å²) in [5.74, 6) is 1.07. The van der Waals surface area contributed by atoms with Gasteiger partial charge in [-0.25, -0.2) is 0 Å². The van der Waals surface area contributed by atoms with Crippen molar-refractivity contribution in [3.63, 3.8) is 0 Å². The average molecular weight is 374 g/mol. The van der Waals surface area contributed by atoms with Crippen molar-refractivity contribution in [3.8, 4) is 5.75 Å². The molecular weight excluding hydrogens is 346 g/mol. The fraction of sp³-hybridized carbons (Fsp3) is 0.476. The maximum absolute atomic E-state index is 12.5. The highest BCUT2D eigenvalue weighted by molar-refractivity contribution is 7.09. The van der Waals surface area contributed by atoms with Crippen LogP contribution in [0.25, 0.3) is 0 Å². The second-order valence-corrected chi connectivity index (χ2v) is 8.18. The number of benzene rings is 1. The van der Waals surface area contributed by atoms with Crippen molar-refractivity contribution in [2.24, 2.45) is 5.41 Å². The Balaban J connectivity index is 1.55. The molecule has 3 rings (SSSR count). The van der Waals surface area contributed by atoms with Crippen LogP contribution >= 0.6 is 11.3 Å². The Morgan fingerprint density at radius 2 is 2.08 bits per heavy atom. The number of hydrogen-bond acceptors (Lipinski definition) is 4. The molecule has 1 saturated heterocycles. The van der Waals surface area contributed by atoms with E-state index in [1.54, 1.807) is 18.4 Å². The van der Waals surface area contributed by atoms with Crippen LogP contribution in [0, 0.1) is 5.41 Å². The van der Waals surface area contributed by atoms with Crippen LogP contribution in [0.2, 0.25) is 0 Å². The van der Waals surface area contributed by atoms with Crippen molar-refractivity contribution >= 4 is 17.2 Å². The van der Waals surface area contributed by atoms with Crippen LogP contribution in [0.4, 0.5) is 0 Å². The van der Waals surface area contributed by atoms with E-state index in [-0.39, 0.29) is 17.9 Å². The molecule has 26 heavy (non-hydrogen) atoms. The van der Waals surface area contributed by atoms with Crippen molar-refractivity contribution in [1.29, 1.82) is 0 Å². The van der Waals surface area contributed by atoms with Gasteiger partial charge in [0.05, 0.1) is 7.11 Å². The van der Waals surface area contributed by atoms with Crippen molar-refractivity contribution in [1.82, 2.24) is 4.90 Å². The third-order valence-electron chi connectivity index (χ3n) is 5.39. The van der Waals surface area contributed by atoms with Gasteiger partial charge in [-0.3, -0.25) is 4.79 Å². The number of methoxy groups -OCH3 is 1. The van der Waals surface area contributed by atoms with Gasteiger partial charge in [-0.2, -0.15) is 0 Å². The summed E-state index contributed by atoms with van der Waals surface area (Å²) in [6.07, 6.45) is 3.89. The fourth-order valence-corrected chi connectivity index (χ4v) is 4.39. The Bertz CT molecular complexity index is 706. The molecule has 1 aliphatic heterocycles. The number of likely N-dealkylation sites (tertiary alicyclic amines) is 1. The first-order chi connectivity index (χ1) is 12.6. The number of thiophene rings is 1. The molecule has 1 amide bonds. The predicted octanol–water partition coefficient (Wildman–Crippen LogP) is 3.53. The predicted molar refractivity (Wildman–Crippen MR) is 105 cm³/mol. The number of aryl methyl sites for hydroxylation is 1. The number of aliphatic hydroxyl groups is 1. The van der Waals surface area contributed by atoms with E-state index in [0.29, 0.717) is 6.42 Å². The van der Waals surface area contributed by atoms with Gasteiger partial charge in [-0.15, -0.1) is 11.3 Å². The number of rotatable bonds is 7. The Morgan fingerprint density at radius 3 is 2.73 bits per heavy atom. The smallest absolute Gasteiger partial charge is 0.222 e. The van der Waals surface area contributed by atoms with Gasteiger partial charge in [0.25, 0.3) is 0 Å². The van der Waals surface area contributed by atoms with Gasteiger partial charge in [-0.05, 0) is 54.8 Å². The lowest BCUT2D eigenvalue weighted by atomic mass is 9.74. The molecule has 0 aliphatic carbocycles. The molecule has 0 unspecified atom stereocenters. The number of aliphatic hydroxyl groups excluding tert-OH is 1. The summed E-state index contributed by atoms with van der Waals surface area (Å²) in [6, 6.07) is 12.2. The molecule has 1 aromatic heterocycles. The monoisotopic (exact) mass is 373 g/mol. The minimum Gasteiger partial charge on any atom is -0.497 e. The van der Waals surface area contributed by atoms with E-state index in [4.69, 9.17) is 4.74 Å². The SMILES string of the molecule is COc1cccc(CC2(CO)CCN(C(=O)CCc3cccs3)CC2)c1. The van der Waals surface area contributed by atoms with E-state index in [0.717, 1.165) is 44.5 Å². The molecule has 2 aromatic rings. The largest absolute Gasteiger partial charge is 0.497 e. The molecule has 0 radical (unpaired) electrons. The van der Waals surface area contributed by atoms with Gasteiger partial charge in [0.15, 0.2) is 0 Å². The molecule has 5 heteroatoms. The highest BCUT2D eigenvalue weighted by Gasteiger charge is 2.35. The Kier molecular flexibility index (Phi) is 6.33. The second kappa shape index (κ2) is 8.69. The van der Waals surface area contributed by atoms with E-state index >= 15 is 0 Å². The van der Waals surface area contributed by atoms with Crippen LogP contribution in [0.15, 0.2) is 41.8 Å². The third kappa shape index (κ3) is 4.65. The zero-order valence-electron chi connectivity index (χ0n) is 15.3. The highest BCUT2D eigenvalue weighted by Crippen LogP contribution is 2.35. The zero-order valence-corrected chi connectivity index (χ0v) is 16.1. The number of ether oxygens (including phenoxy) is 1. The first kappa shape index (κ1) is 18.9. The maximum Gasteiger partial charge on any atom is 0.222 e. The van der Waals surface area contributed by atoms with Crippen molar-refractivity contribution in [2.45, 2.75) is 32.1 Å². The number of amides is 1. The van der Waals surface area contributed by atoms with Crippen molar-refractivity contribution in [2.75, 3.05) is 26.8 Å². The summed E-state index contributed by atoms with van der Waals surface area (Å²) in [5.41, 5.74) is 1.03. The van der Waals surface area contributed by atoms with Gasteiger partial charge in [0.1, 0.15) is 5.75 Å². The summed E-state index contributed by atoms with van der Waals surface area (Å²) in [7, 11) is 1.67.